The van der Waals surface area contributed by atoms with Gasteiger partial charge >= 0.3 is 0 Å². The number of halogens is 2. The normalized spacial score (nSPS) is 19.8. The third kappa shape index (κ3) is 2.67. The molecule has 1 aliphatic heterocycles. The van der Waals surface area contributed by atoms with Crippen molar-refractivity contribution in [3.63, 3.8) is 0 Å². The molecule has 104 valence electrons. The van der Waals surface area contributed by atoms with Gasteiger partial charge < -0.3 is 4.90 Å². The summed E-state index contributed by atoms with van der Waals surface area (Å²) < 4.78 is 14.0. The summed E-state index contributed by atoms with van der Waals surface area (Å²) in [5.41, 5.74) is 0.309. The molecule has 1 amide bonds. The Kier molecular flexibility index (Phi) is 3.97. The van der Waals surface area contributed by atoms with Crippen molar-refractivity contribution in [1.29, 1.82) is 0 Å². The second kappa shape index (κ2) is 5.21. The molecule has 2 rings (SSSR count). The first-order valence-electron chi connectivity index (χ1n) is 6.27. The molecule has 0 spiro atoms. The summed E-state index contributed by atoms with van der Waals surface area (Å²) in [7, 11) is 1.82. The van der Waals surface area contributed by atoms with Gasteiger partial charge in [0.15, 0.2) is 0 Å². The number of hydrogen-bond donors (Lipinski definition) is 0. The van der Waals surface area contributed by atoms with E-state index in [1.807, 2.05) is 27.0 Å². The molecular formula is C14H18BrFN2O. The molecule has 0 atom stereocenters. The number of piperazine rings is 1. The average molecular weight is 329 g/mol. The second-order valence-electron chi connectivity index (χ2n) is 5.42. The van der Waals surface area contributed by atoms with Gasteiger partial charge in [0.05, 0.1) is 10.0 Å². The van der Waals surface area contributed by atoms with E-state index in [0.717, 1.165) is 12.1 Å². The van der Waals surface area contributed by atoms with Gasteiger partial charge in [-0.25, -0.2) is 4.39 Å². The van der Waals surface area contributed by atoms with Crippen LogP contribution in [0, 0.1) is 5.82 Å². The van der Waals surface area contributed by atoms with Gasteiger partial charge in [-0.15, -0.1) is 0 Å². The monoisotopic (exact) mass is 328 g/mol. The van der Waals surface area contributed by atoms with E-state index in [1.165, 1.54) is 6.07 Å². The maximum absolute atomic E-state index is 13.5. The maximum atomic E-state index is 13.5. The van der Waals surface area contributed by atoms with Crippen molar-refractivity contribution >= 4 is 21.8 Å². The molecule has 0 aromatic heterocycles. The Morgan fingerprint density at radius 1 is 1.37 bits per heavy atom. The van der Waals surface area contributed by atoms with E-state index in [-0.39, 0.29) is 11.7 Å². The number of carbonyl (C=O) groups is 1. The first-order chi connectivity index (χ1) is 8.84. The van der Waals surface area contributed by atoms with Crippen molar-refractivity contribution in [1.82, 2.24) is 9.80 Å². The molecule has 0 saturated carbocycles. The lowest BCUT2D eigenvalue weighted by Crippen LogP contribution is -2.61. The topological polar surface area (TPSA) is 23.6 Å². The molecule has 1 heterocycles. The zero-order chi connectivity index (χ0) is 14.2. The van der Waals surface area contributed by atoms with Gasteiger partial charge in [0.2, 0.25) is 5.91 Å². The van der Waals surface area contributed by atoms with Crippen molar-refractivity contribution in [3.05, 3.63) is 34.1 Å². The Morgan fingerprint density at radius 3 is 2.74 bits per heavy atom. The third-order valence-electron chi connectivity index (χ3n) is 3.76. The summed E-state index contributed by atoms with van der Waals surface area (Å²) in [5.74, 6) is -0.165. The summed E-state index contributed by atoms with van der Waals surface area (Å²) >= 11 is 3.27. The van der Waals surface area contributed by atoms with Crippen LogP contribution in [0.2, 0.25) is 0 Å². The standard InChI is InChI=1S/C14H18BrFN2O/c1-14(2)13(19)17(3)7-8-18(14)9-10-5-4-6-11(16)12(10)15/h4-6H,7-9H2,1-3H3. The molecule has 5 heteroatoms. The quantitative estimate of drug-likeness (QED) is 0.833. The van der Waals surface area contributed by atoms with Crippen LogP contribution >= 0.6 is 15.9 Å². The summed E-state index contributed by atoms with van der Waals surface area (Å²) in [5, 5.41) is 0. The van der Waals surface area contributed by atoms with Crippen molar-refractivity contribution in [2.45, 2.75) is 25.9 Å². The predicted octanol–water partition coefficient (Wildman–Crippen LogP) is 2.64. The lowest BCUT2D eigenvalue weighted by molar-refractivity contribution is -0.147. The number of benzene rings is 1. The van der Waals surface area contributed by atoms with Gasteiger partial charge in [0.1, 0.15) is 5.82 Å². The summed E-state index contributed by atoms with van der Waals surface area (Å²) in [6.45, 7) is 5.88. The molecule has 1 saturated heterocycles. The molecule has 0 unspecified atom stereocenters. The van der Waals surface area contributed by atoms with Crippen LogP contribution in [0.4, 0.5) is 4.39 Å². The van der Waals surface area contributed by atoms with E-state index in [2.05, 4.69) is 20.8 Å². The van der Waals surface area contributed by atoms with Crippen LogP contribution in [0.15, 0.2) is 22.7 Å². The molecular weight excluding hydrogens is 311 g/mol. The van der Waals surface area contributed by atoms with E-state index in [4.69, 9.17) is 0 Å². The number of likely N-dealkylation sites (N-methyl/N-ethyl adjacent to an activating group) is 1. The zero-order valence-electron chi connectivity index (χ0n) is 11.4. The predicted molar refractivity (Wildman–Crippen MR) is 76.2 cm³/mol. The second-order valence-corrected chi connectivity index (χ2v) is 6.21. The highest BCUT2D eigenvalue weighted by atomic mass is 79.9. The van der Waals surface area contributed by atoms with Gasteiger partial charge in [-0.05, 0) is 41.4 Å². The number of hydrogen-bond acceptors (Lipinski definition) is 2. The summed E-state index contributed by atoms with van der Waals surface area (Å²) in [6, 6.07) is 5.00. The van der Waals surface area contributed by atoms with Crippen LogP contribution in [0.3, 0.4) is 0 Å². The maximum Gasteiger partial charge on any atom is 0.242 e. The van der Waals surface area contributed by atoms with Gasteiger partial charge in [-0.2, -0.15) is 0 Å². The van der Waals surface area contributed by atoms with Gasteiger partial charge in [-0.3, -0.25) is 9.69 Å². The first kappa shape index (κ1) is 14.5. The van der Waals surface area contributed by atoms with Crippen LogP contribution in [-0.4, -0.2) is 41.4 Å². The first-order valence-corrected chi connectivity index (χ1v) is 7.07. The highest BCUT2D eigenvalue weighted by Crippen LogP contribution is 2.27. The minimum absolute atomic E-state index is 0.103. The molecule has 19 heavy (non-hydrogen) atoms. The molecule has 0 radical (unpaired) electrons. The SMILES string of the molecule is CN1CCN(Cc2cccc(F)c2Br)C(C)(C)C1=O. The fraction of sp³-hybridized carbons (Fsp3) is 0.500. The molecule has 1 fully saturated rings. The van der Waals surface area contributed by atoms with Crippen molar-refractivity contribution < 1.29 is 9.18 Å². The van der Waals surface area contributed by atoms with Crippen molar-refractivity contribution in [3.8, 4) is 0 Å². The van der Waals surface area contributed by atoms with Crippen LogP contribution in [-0.2, 0) is 11.3 Å². The van der Waals surface area contributed by atoms with E-state index >= 15 is 0 Å². The number of rotatable bonds is 2. The van der Waals surface area contributed by atoms with E-state index in [1.54, 1.807) is 11.0 Å². The zero-order valence-corrected chi connectivity index (χ0v) is 13.0. The van der Waals surface area contributed by atoms with Gasteiger partial charge in [-0.1, -0.05) is 12.1 Å². The number of nitrogens with zero attached hydrogens (tertiary/aromatic N) is 2. The largest absolute Gasteiger partial charge is 0.343 e. The minimum Gasteiger partial charge on any atom is -0.343 e. The van der Waals surface area contributed by atoms with Crippen molar-refractivity contribution in [2.24, 2.45) is 0 Å². The van der Waals surface area contributed by atoms with Gasteiger partial charge in [0.25, 0.3) is 0 Å². The lowest BCUT2D eigenvalue weighted by atomic mass is 9.97. The molecule has 3 nitrogen and oxygen atoms in total. The fourth-order valence-corrected chi connectivity index (χ4v) is 2.80. The third-order valence-corrected chi connectivity index (χ3v) is 4.65. The highest BCUT2D eigenvalue weighted by Gasteiger charge is 2.40. The average Bonchev–Trinajstić information content (AvgIpc) is 2.36. The van der Waals surface area contributed by atoms with Crippen LogP contribution < -0.4 is 0 Å². The van der Waals surface area contributed by atoms with Crippen LogP contribution in [0.25, 0.3) is 0 Å². The minimum atomic E-state index is -0.557. The fourth-order valence-electron chi connectivity index (χ4n) is 2.41. The Hall–Kier alpha value is -0.940. The van der Waals surface area contributed by atoms with E-state index in [9.17, 15) is 9.18 Å². The molecule has 1 aromatic rings. The number of carbonyl (C=O) groups excluding carboxylic acids is 1. The molecule has 1 aromatic carbocycles. The number of amides is 1. The van der Waals surface area contributed by atoms with E-state index in [0.29, 0.717) is 17.6 Å². The summed E-state index contributed by atoms with van der Waals surface area (Å²) in [6.07, 6.45) is 0. The molecule has 1 aliphatic rings. The Labute approximate surface area is 121 Å². The summed E-state index contributed by atoms with van der Waals surface area (Å²) in [4.78, 5) is 16.0. The van der Waals surface area contributed by atoms with E-state index < -0.39 is 5.54 Å². The van der Waals surface area contributed by atoms with Gasteiger partial charge in [0, 0.05) is 26.7 Å². The highest BCUT2D eigenvalue weighted by molar-refractivity contribution is 9.10. The lowest BCUT2D eigenvalue weighted by Gasteiger charge is -2.44. The molecule has 0 aliphatic carbocycles. The molecule has 0 N–H and O–H groups in total. The Balaban J connectivity index is 2.23. The smallest absolute Gasteiger partial charge is 0.242 e. The molecule has 0 bridgehead atoms. The Morgan fingerprint density at radius 2 is 2.05 bits per heavy atom. The van der Waals surface area contributed by atoms with Crippen LogP contribution in [0.5, 0.6) is 0 Å². The van der Waals surface area contributed by atoms with Crippen LogP contribution in [0.1, 0.15) is 19.4 Å². The van der Waals surface area contributed by atoms with Crippen molar-refractivity contribution in [2.75, 3.05) is 20.1 Å². The Bertz CT molecular complexity index is 504.